The van der Waals surface area contributed by atoms with Crippen LogP contribution in [0.4, 0.5) is 4.79 Å². The molecule has 1 atom stereocenters. The van der Waals surface area contributed by atoms with Crippen LogP contribution in [0, 0.1) is 13.8 Å². The highest BCUT2D eigenvalue weighted by Gasteiger charge is 2.33. The van der Waals surface area contributed by atoms with Crippen LogP contribution >= 0.6 is 0 Å². The highest BCUT2D eigenvalue weighted by molar-refractivity contribution is 5.96. The van der Waals surface area contributed by atoms with Gasteiger partial charge in [0.05, 0.1) is 6.54 Å². The Kier molecular flexibility index (Phi) is 3.04. The van der Waals surface area contributed by atoms with E-state index in [-0.39, 0.29) is 24.6 Å². The van der Waals surface area contributed by atoms with Crippen LogP contribution in [0.5, 0.6) is 5.88 Å². The van der Waals surface area contributed by atoms with Crippen LogP contribution < -0.4 is 10.1 Å². The Hall–Kier alpha value is -2.18. The monoisotopic (exact) mass is 276 g/mol. The maximum Gasteiger partial charge on any atom is 0.324 e. The first kappa shape index (κ1) is 12.8. The summed E-state index contributed by atoms with van der Waals surface area (Å²) in [6.07, 6.45) is 0.717. The van der Waals surface area contributed by atoms with Crippen molar-refractivity contribution in [1.29, 1.82) is 0 Å². The van der Waals surface area contributed by atoms with E-state index in [0.717, 1.165) is 11.3 Å². The van der Waals surface area contributed by atoms with Crippen LogP contribution in [0.3, 0.4) is 0 Å². The molecule has 20 heavy (non-hydrogen) atoms. The molecule has 0 saturated carbocycles. The molecular weight excluding hydrogens is 260 g/mol. The van der Waals surface area contributed by atoms with E-state index < -0.39 is 0 Å². The fourth-order valence-corrected chi connectivity index (χ4v) is 2.57. The predicted molar refractivity (Wildman–Crippen MR) is 69.4 cm³/mol. The standard InChI is InChI=1S/C13H16N4O3/c1-7-10-5-9(20-12(10)16-8(2)15-7)6-17-11(18)3-4-14-13(17)19/h9H,3-6H2,1-2H3,(H,14,19)/t9-/m1/s1. The summed E-state index contributed by atoms with van der Waals surface area (Å²) in [4.78, 5) is 33.2. The zero-order valence-electron chi connectivity index (χ0n) is 11.5. The van der Waals surface area contributed by atoms with E-state index in [1.54, 1.807) is 0 Å². The Morgan fingerprint density at radius 3 is 2.90 bits per heavy atom. The molecule has 0 bridgehead atoms. The largest absolute Gasteiger partial charge is 0.472 e. The summed E-state index contributed by atoms with van der Waals surface area (Å²) in [7, 11) is 0. The first-order chi connectivity index (χ1) is 9.54. The van der Waals surface area contributed by atoms with Crippen LogP contribution in [-0.2, 0) is 11.2 Å². The Bertz CT molecular complexity index is 571. The summed E-state index contributed by atoms with van der Waals surface area (Å²) < 4.78 is 5.74. The van der Waals surface area contributed by atoms with E-state index in [2.05, 4.69) is 15.3 Å². The van der Waals surface area contributed by atoms with Gasteiger partial charge < -0.3 is 10.1 Å². The second kappa shape index (κ2) is 4.73. The van der Waals surface area contributed by atoms with Gasteiger partial charge in [-0.05, 0) is 13.8 Å². The van der Waals surface area contributed by atoms with Gasteiger partial charge in [0.25, 0.3) is 0 Å². The van der Waals surface area contributed by atoms with E-state index >= 15 is 0 Å². The molecule has 0 spiro atoms. The second-order valence-electron chi connectivity index (χ2n) is 5.07. The third-order valence-electron chi connectivity index (χ3n) is 3.55. The zero-order chi connectivity index (χ0) is 14.3. The minimum Gasteiger partial charge on any atom is -0.472 e. The normalized spacial score (nSPS) is 21.5. The number of nitrogens with one attached hydrogen (secondary N) is 1. The first-order valence-electron chi connectivity index (χ1n) is 6.63. The van der Waals surface area contributed by atoms with Gasteiger partial charge in [-0.1, -0.05) is 0 Å². The molecule has 0 unspecified atom stereocenters. The maximum atomic E-state index is 11.8. The number of imide groups is 1. The number of carbonyl (C=O) groups excluding carboxylic acids is 2. The highest BCUT2D eigenvalue weighted by atomic mass is 16.5. The van der Waals surface area contributed by atoms with Crippen molar-refractivity contribution in [2.45, 2.75) is 32.8 Å². The number of hydrogen-bond acceptors (Lipinski definition) is 5. The van der Waals surface area contributed by atoms with Gasteiger partial charge in [0.15, 0.2) is 0 Å². The predicted octanol–water partition coefficient (Wildman–Crippen LogP) is 0.339. The van der Waals surface area contributed by atoms with E-state index in [4.69, 9.17) is 4.74 Å². The Balaban J connectivity index is 1.74. The Labute approximate surface area is 116 Å². The molecule has 7 heteroatoms. The van der Waals surface area contributed by atoms with E-state index in [1.165, 1.54) is 4.90 Å². The first-order valence-corrected chi connectivity index (χ1v) is 6.63. The summed E-state index contributed by atoms with van der Waals surface area (Å²) in [6, 6.07) is -0.347. The van der Waals surface area contributed by atoms with Crippen molar-refractivity contribution in [3.8, 4) is 5.88 Å². The SMILES string of the molecule is Cc1nc(C)c2c(n1)O[C@@H](CN1C(=O)CCNC1=O)C2. The summed E-state index contributed by atoms with van der Waals surface area (Å²) >= 11 is 0. The molecule has 0 radical (unpaired) electrons. The molecule has 3 rings (SSSR count). The minimum absolute atomic E-state index is 0.160. The number of aryl methyl sites for hydroxylation is 2. The Morgan fingerprint density at radius 1 is 1.35 bits per heavy atom. The molecule has 2 aliphatic heterocycles. The molecule has 1 saturated heterocycles. The van der Waals surface area contributed by atoms with Crippen molar-refractivity contribution in [2.24, 2.45) is 0 Å². The van der Waals surface area contributed by atoms with Crippen LogP contribution in [0.15, 0.2) is 0 Å². The summed E-state index contributed by atoms with van der Waals surface area (Å²) in [5, 5.41) is 2.66. The van der Waals surface area contributed by atoms with E-state index in [0.29, 0.717) is 31.1 Å². The molecule has 1 fully saturated rings. The highest BCUT2D eigenvalue weighted by Crippen LogP contribution is 2.29. The molecule has 1 N–H and O–H groups in total. The van der Waals surface area contributed by atoms with Gasteiger partial charge >= 0.3 is 6.03 Å². The average Bonchev–Trinajstić information content (AvgIpc) is 2.77. The molecule has 106 valence electrons. The van der Waals surface area contributed by atoms with Gasteiger partial charge in [-0.2, -0.15) is 4.98 Å². The number of fused-ring (bicyclic) bond motifs is 1. The van der Waals surface area contributed by atoms with E-state index in [1.807, 2.05) is 13.8 Å². The second-order valence-corrected chi connectivity index (χ2v) is 5.07. The number of nitrogens with zero attached hydrogens (tertiary/aromatic N) is 3. The van der Waals surface area contributed by atoms with Crippen LogP contribution in [0.1, 0.15) is 23.5 Å². The molecule has 7 nitrogen and oxygen atoms in total. The zero-order valence-corrected chi connectivity index (χ0v) is 11.5. The minimum atomic E-state index is -0.347. The number of rotatable bonds is 2. The quantitative estimate of drug-likeness (QED) is 0.842. The van der Waals surface area contributed by atoms with Crippen LogP contribution in [0.25, 0.3) is 0 Å². The lowest BCUT2D eigenvalue weighted by molar-refractivity contribution is -0.130. The Morgan fingerprint density at radius 2 is 2.15 bits per heavy atom. The molecule has 1 aromatic rings. The van der Waals surface area contributed by atoms with E-state index in [9.17, 15) is 9.59 Å². The van der Waals surface area contributed by atoms with Gasteiger partial charge in [0, 0.05) is 30.6 Å². The van der Waals surface area contributed by atoms with Gasteiger partial charge in [0.2, 0.25) is 11.8 Å². The molecule has 0 aromatic carbocycles. The lowest BCUT2D eigenvalue weighted by atomic mass is 10.1. The van der Waals surface area contributed by atoms with Crippen molar-refractivity contribution in [3.05, 3.63) is 17.1 Å². The number of amides is 3. The fourth-order valence-electron chi connectivity index (χ4n) is 2.57. The smallest absolute Gasteiger partial charge is 0.324 e. The van der Waals surface area contributed by atoms with Gasteiger partial charge in [-0.25, -0.2) is 9.78 Å². The number of hydrogen-bond donors (Lipinski definition) is 1. The summed E-state index contributed by atoms with van der Waals surface area (Å²) in [5.41, 5.74) is 1.86. The third-order valence-corrected chi connectivity index (χ3v) is 3.55. The molecular formula is C13H16N4O3. The molecule has 1 aromatic heterocycles. The van der Waals surface area contributed by atoms with Gasteiger partial charge in [-0.3, -0.25) is 9.69 Å². The topological polar surface area (TPSA) is 84.4 Å². The van der Waals surface area contributed by atoms with Crippen molar-refractivity contribution >= 4 is 11.9 Å². The maximum absolute atomic E-state index is 11.8. The summed E-state index contributed by atoms with van der Waals surface area (Å²) in [5.74, 6) is 1.07. The molecule has 3 amide bonds. The number of urea groups is 1. The lowest BCUT2D eigenvalue weighted by Gasteiger charge is -2.27. The van der Waals surface area contributed by atoms with Crippen molar-refractivity contribution in [3.63, 3.8) is 0 Å². The van der Waals surface area contributed by atoms with Crippen LogP contribution in [-0.4, -0.2) is 46.0 Å². The molecule has 0 aliphatic carbocycles. The van der Waals surface area contributed by atoms with Gasteiger partial charge in [-0.15, -0.1) is 0 Å². The average molecular weight is 276 g/mol. The number of carbonyl (C=O) groups is 2. The van der Waals surface area contributed by atoms with Gasteiger partial charge in [0.1, 0.15) is 11.9 Å². The fraction of sp³-hybridized carbons (Fsp3) is 0.538. The molecule has 2 aliphatic rings. The molecule has 3 heterocycles. The number of aromatic nitrogens is 2. The number of ether oxygens (including phenoxy) is 1. The van der Waals surface area contributed by atoms with Crippen molar-refractivity contribution in [1.82, 2.24) is 20.2 Å². The summed E-state index contributed by atoms with van der Waals surface area (Å²) in [6.45, 7) is 4.38. The van der Waals surface area contributed by atoms with Crippen LogP contribution in [0.2, 0.25) is 0 Å². The van der Waals surface area contributed by atoms with Crippen molar-refractivity contribution < 1.29 is 14.3 Å². The van der Waals surface area contributed by atoms with Crippen molar-refractivity contribution in [2.75, 3.05) is 13.1 Å². The lowest BCUT2D eigenvalue weighted by Crippen LogP contribution is -2.52. The third kappa shape index (κ3) is 2.19.